The van der Waals surface area contributed by atoms with E-state index in [1.807, 2.05) is 6.20 Å². The zero-order chi connectivity index (χ0) is 11.7. The lowest BCUT2D eigenvalue weighted by Crippen LogP contribution is -2.44. The van der Waals surface area contributed by atoms with E-state index in [0.717, 1.165) is 41.6 Å². The lowest BCUT2D eigenvalue weighted by atomic mass is 10.4. The molecular formula is C11H13BrN4S. The normalized spacial score (nSPS) is 16.4. The van der Waals surface area contributed by atoms with Gasteiger partial charge in [-0.25, -0.2) is 4.98 Å². The smallest absolute Gasteiger partial charge is 0.203 e. The number of hydrogen-bond donors (Lipinski definition) is 2. The molecule has 1 aliphatic heterocycles. The minimum absolute atomic E-state index is 0.978. The highest BCUT2D eigenvalue weighted by Crippen LogP contribution is 2.30. The second-order valence-electron chi connectivity index (χ2n) is 3.96. The van der Waals surface area contributed by atoms with Crippen molar-refractivity contribution < 1.29 is 0 Å². The van der Waals surface area contributed by atoms with Crippen LogP contribution in [0.5, 0.6) is 0 Å². The molecule has 1 saturated heterocycles. The summed E-state index contributed by atoms with van der Waals surface area (Å²) in [6.45, 7) is 4.09. The summed E-state index contributed by atoms with van der Waals surface area (Å²) in [6, 6.07) is 4.16. The number of imidazole rings is 1. The minimum atomic E-state index is 0.978. The molecule has 0 aromatic carbocycles. The van der Waals surface area contributed by atoms with Crippen molar-refractivity contribution in [3.05, 3.63) is 22.1 Å². The van der Waals surface area contributed by atoms with Gasteiger partial charge in [0.15, 0.2) is 0 Å². The van der Waals surface area contributed by atoms with Crippen LogP contribution >= 0.6 is 27.3 Å². The summed E-state index contributed by atoms with van der Waals surface area (Å²) < 4.78 is 1.14. The van der Waals surface area contributed by atoms with Gasteiger partial charge in [0.25, 0.3) is 0 Å². The van der Waals surface area contributed by atoms with Gasteiger partial charge in [-0.05, 0) is 28.1 Å². The SMILES string of the molecule is Brc1ccc(-c2cnc(N3CCNCC3)[nH]2)s1. The van der Waals surface area contributed by atoms with Crippen LogP contribution < -0.4 is 10.2 Å². The van der Waals surface area contributed by atoms with Gasteiger partial charge in [0, 0.05) is 26.2 Å². The molecular weight excluding hydrogens is 300 g/mol. The molecule has 0 saturated carbocycles. The van der Waals surface area contributed by atoms with Gasteiger partial charge >= 0.3 is 0 Å². The maximum atomic E-state index is 4.46. The summed E-state index contributed by atoms with van der Waals surface area (Å²) in [5.74, 6) is 0.978. The Labute approximate surface area is 112 Å². The number of anilines is 1. The lowest BCUT2D eigenvalue weighted by molar-refractivity contribution is 0.581. The Balaban J connectivity index is 1.82. The molecule has 2 aromatic rings. The van der Waals surface area contributed by atoms with Crippen LogP contribution in [0.25, 0.3) is 10.6 Å². The van der Waals surface area contributed by atoms with E-state index in [-0.39, 0.29) is 0 Å². The standard InChI is InChI=1S/C11H13BrN4S/c12-10-2-1-9(17-10)8-7-14-11(15-8)16-5-3-13-4-6-16/h1-2,7,13H,3-6H2,(H,14,15). The Hall–Kier alpha value is -0.850. The first-order chi connectivity index (χ1) is 8.33. The molecule has 3 heterocycles. The topological polar surface area (TPSA) is 44.0 Å². The van der Waals surface area contributed by atoms with Crippen LogP contribution in [0.3, 0.4) is 0 Å². The summed E-state index contributed by atoms with van der Waals surface area (Å²) in [6.07, 6.45) is 1.91. The second kappa shape index (κ2) is 4.80. The van der Waals surface area contributed by atoms with Gasteiger partial charge in [0.1, 0.15) is 0 Å². The number of piperazine rings is 1. The minimum Gasteiger partial charge on any atom is -0.340 e. The van der Waals surface area contributed by atoms with Gasteiger partial charge in [-0.15, -0.1) is 11.3 Å². The van der Waals surface area contributed by atoms with E-state index in [0.29, 0.717) is 0 Å². The van der Waals surface area contributed by atoms with Gasteiger partial charge in [-0.2, -0.15) is 0 Å². The highest BCUT2D eigenvalue weighted by atomic mass is 79.9. The van der Waals surface area contributed by atoms with Crippen molar-refractivity contribution in [3.63, 3.8) is 0 Å². The third-order valence-electron chi connectivity index (χ3n) is 2.82. The molecule has 17 heavy (non-hydrogen) atoms. The molecule has 1 fully saturated rings. The fraction of sp³-hybridized carbons (Fsp3) is 0.364. The van der Waals surface area contributed by atoms with Crippen LogP contribution in [0.4, 0.5) is 5.95 Å². The molecule has 0 spiro atoms. The predicted octanol–water partition coefficient (Wildman–Crippen LogP) is 2.31. The van der Waals surface area contributed by atoms with Crippen LogP contribution in [-0.4, -0.2) is 36.1 Å². The average Bonchev–Trinajstić information content (AvgIpc) is 2.98. The molecule has 0 aliphatic carbocycles. The van der Waals surface area contributed by atoms with E-state index in [2.05, 4.69) is 48.2 Å². The quantitative estimate of drug-likeness (QED) is 0.894. The van der Waals surface area contributed by atoms with E-state index < -0.39 is 0 Å². The van der Waals surface area contributed by atoms with Crippen molar-refractivity contribution in [2.75, 3.05) is 31.1 Å². The first-order valence-corrected chi connectivity index (χ1v) is 7.20. The third-order valence-corrected chi connectivity index (χ3v) is 4.47. The third kappa shape index (κ3) is 2.38. The van der Waals surface area contributed by atoms with Gasteiger partial charge < -0.3 is 15.2 Å². The van der Waals surface area contributed by atoms with Crippen LogP contribution in [0.1, 0.15) is 0 Å². The van der Waals surface area contributed by atoms with Gasteiger partial charge in [-0.1, -0.05) is 0 Å². The van der Waals surface area contributed by atoms with Crippen molar-refractivity contribution in [3.8, 4) is 10.6 Å². The largest absolute Gasteiger partial charge is 0.340 e. The second-order valence-corrected chi connectivity index (χ2v) is 6.42. The molecule has 0 atom stereocenters. The molecule has 2 aromatic heterocycles. The van der Waals surface area contributed by atoms with Crippen molar-refractivity contribution >= 4 is 33.2 Å². The average molecular weight is 313 g/mol. The van der Waals surface area contributed by atoms with Gasteiger partial charge in [-0.3, -0.25) is 0 Å². The maximum absolute atomic E-state index is 4.46. The molecule has 0 bridgehead atoms. The van der Waals surface area contributed by atoms with Crippen LogP contribution in [0.15, 0.2) is 22.1 Å². The molecule has 6 heteroatoms. The van der Waals surface area contributed by atoms with Crippen LogP contribution in [0, 0.1) is 0 Å². The maximum Gasteiger partial charge on any atom is 0.203 e. The number of nitrogens with one attached hydrogen (secondary N) is 2. The van der Waals surface area contributed by atoms with Crippen molar-refractivity contribution in [2.24, 2.45) is 0 Å². The Bertz CT molecular complexity index is 501. The number of hydrogen-bond acceptors (Lipinski definition) is 4. The van der Waals surface area contributed by atoms with Crippen molar-refractivity contribution in [2.45, 2.75) is 0 Å². The fourth-order valence-corrected chi connectivity index (χ4v) is 3.28. The number of halogens is 1. The molecule has 90 valence electrons. The number of nitrogens with zero attached hydrogens (tertiary/aromatic N) is 2. The summed E-state index contributed by atoms with van der Waals surface area (Å²) in [4.78, 5) is 11.3. The first-order valence-electron chi connectivity index (χ1n) is 5.59. The lowest BCUT2D eigenvalue weighted by Gasteiger charge is -2.26. The molecule has 3 rings (SSSR count). The Morgan fingerprint density at radius 1 is 1.29 bits per heavy atom. The molecule has 0 amide bonds. The van der Waals surface area contributed by atoms with E-state index in [4.69, 9.17) is 0 Å². The highest BCUT2D eigenvalue weighted by molar-refractivity contribution is 9.11. The summed E-state index contributed by atoms with van der Waals surface area (Å²) >= 11 is 5.19. The zero-order valence-electron chi connectivity index (χ0n) is 9.24. The summed E-state index contributed by atoms with van der Waals surface area (Å²) in [7, 11) is 0. The van der Waals surface area contributed by atoms with E-state index in [1.165, 1.54) is 4.88 Å². The highest BCUT2D eigenvalue weighted by Gasteiger charge is 2.14. The van der Waals surface area contributed by atoms with Gasteiger partial charge in [0.05, 0.1) is 20.6 Å². The molecule has 2 N–H and O–H groups in total. The Morgan fingerprint density at radius 3 is 2.82 bits per heavy atom. The molecule has 4 nitrogen and oxygen atoms in total. The monoisotopic (exact) mass is 312 g/mol. The predicted molar refractivity (Wildman–Crippen MR) is 74.7 cm³/mol. The Kier molecular flexibility index (Phi) is 3.17. The number of thiophene rings is 1. The first kappa shape index (κ1) is 11.3. The summed E-state index contributed by atoms with van der Waals surface area (Å²) in [5, 5.41) is 3.34. The number of aromatic amines is 1. The van der Waals surface area contributed by atoms with Crippen LogP contribution in [0.2, 0.25) is 0 Å². The van der Waals surface area contributed by atoms with Gasteiger partial charge in [0.2, 0.25) is 5.95 Å². The van der Waals surface area contributed by atoms with Crippen LogP contribution in [-0.2, 0) is 0 Å². The number of rotatable bonds is 2. The van der Waals surface area contributed by atoms with E-state index in [9.17, 15) is 0 Å². The Morgan fingerprint density at radius 2 is 2.12 bits per heavy atom. The summed E-state index contributed by atoms with van der Waals surface area (Å²) in [5.41, 5.74) is 1.09. The molecule has 0 radical (unpaired) electrons. The number of aromatic nitrogens is 2. The van der Waals surface area contributed by atoms with Crippen molar-refractivity contribution in [1.82, 2.24) is 15.3 Å². The van der Waals surface area contributed by atoms with E-state index in [1.54, 1.807) is 11.3 Å². The molecule has 0 unspecified atom stereocenters. The fourth-order valence-electron chi connectivity index (χ4n) is 1.93. The molecule has 1 aliphatic rings. The number of H-pyrrole nitrogens is 1. The van der Waals surface area contributed by atoms with Crippen molar-refractivity contribution in [1.29, 1.82) is 0 Å². The zero-order valence-corrected chi connectivity index (χ0v) is 11.6. The van der Waals surface area contributed by atoms with E-state index >= 15 is 0 Å².